The highest BCUT2D eigenvalue weighted by Gasteiger charge is 1.96. The van der Waals surface area contributed by atoms with Crippen LogP contribution < -0.4 is 0 Å². The van der Waals surface area contributed by atoms with Crippen LogP contribution in [0.25, 0.3) is 0 Å². The fourth-order valence-electron chi connectivity index (χ4n) is 2.25. The summed E-state index contributed by atoms with van der Waals surface area (Å²) < 4.78 is 0. The largest absolute Gasteiger partial charge is 0.481 e. The Hall–Kier alpha value is -1.31. The van der Waals surface area contributed by atoms with Gasteiger partial charge in [-0.2, -0.15) is 0 Å². The second kappa shape index (κ2) is 17.7. The molecule has 0 aromatic rings. The van der Waals surface area contributed by atoms with Crippen molar-refractivity contribution in [1.29, 1.82) is 0 Å². The second-order valence-electron chi connectivity index (χ2n) is 5.70. The minimum atomic E-state index is -0.668. The van der Waals surface area contributed by atoms with Gasteiger partial charge in [-0.1, -0.05) is 75.5 Å². The van der Waals surface area contributed by atoms with Gasteiger partial charge in [0.1, 0.15) is 0 Å². The highest BCUT2D eigenvalue weighted by molar-refractivity contribution is 5.66. The molecule has 0 aliphatic heterocycles. The maximum absolute atomic E-state index is 10.3. The maximum atomic E-state index is 10.3. The van der Waals surface area contributed by atoms with E-state index in [1.54, 1.807) is 0 Å². The first kappa shape index (κ1) is 20.7. The quantitative estimate of drug-likeness (QED) is 0.279. The summed E-state index contributed by atoms with van der Waals surface area (Å²) in [7, 11) is 0. The molecule has 0 aliphatic carbocycles. The van der Waals surface area contributed by atoms with Gasteiger partial charge in [0.15, 0.2) is 0 Å². The smallest absolute Gasteiger partial charge is 0.303 e. The summed E-state index contributed by atoms with van der Waals surface area (Å²) in [5.41, 5.74) is 0. The average molecular weight is 306 g/mol. The van der Waals surface area contributed by atoms with Crippen LogP contribution in [0.5, 0.6) is 0 Å². The van der Waals surface area contributed by atoms with Crippen LogP contribution in [-0.4, -0.2) is 11.1 Å². The van der Waals surface area contributed by atoms with Gasteiger partial charge in [0, 0.05) is 6.42 Å². The van der Waals surface area contributed by atoms with E-state index in [1.807, 2.05) is 0 Å². The van der Waals surface area contributed by atoms with Crippen molar-refractivity contribution in [2.45, 2.75) is 84.0 Å². The van der Waals surface area contributed by atoms with Crippen molar-refractivity contribution < 1.29 is 9.90 Å². The first-order valence-electron chi connectivity index (χ1n) is 8.94. The molecule has 0 aliphatic rings. The van der Waals surface area contributed by atoms with Gasteiger partial charge in [0.2, 0.25) is 0 Å². The van der Waals surface area contributed by atoms with Gasteiger partial charge in [-0.3, -0.25) is 4.79 Å². The van der Waals surface area contributed by atoms with Gasteiger partial charge in [-0.05, 0) is 38.5 Å². The number of rotatable bonds is 15. The summed E-state index contributed by atoms with van der Waals surface area (Å²) >= 11 is 0. The maximum Gasteiger partial charge on any atom is 0.303 e. The molecule has 0 saturated heterocycles. The fourth-order valence-corrected chi connectivity index (χ4v) is 2.25. The molecule has 0 spiro atoms. The zero-order valence-electron chi connectivity index (χ0n) is 14.3. The van der Waals surface area contributed by atoms with E-state index < -0.39 is 5.97 Å². The molecule has 22 heavy (non-hydrogen) atoms. The Balaban J connectivity index is 3.20. The van der Waals surface area contributed by atoms with E-state index in [1.165, 1.54) is 38.5 Å². The number of hydrogen-bond acceptors (Lipinski definition) is 1. The lowest BCUT2D eigenvalue weighted by Crippen LogP contribution is -1.93. The minimum absolute atomic E-state index is 0.328. The Morgan fingerprint density at radius 3 is 1.82 bits per heavy atom. The van der Waals surface area contributed by atoms with E-state index in [-0.39, 0.29) is 0 Å². The van der Waals surface area contributed by atoms with Crippen molar-refractivity contribution in [2.75, 3.05) is 0 Å². The molecule has 0 heterocycles. The molecule has 0 saturated carbocycles. The molecule has 1 N–H and O–H groups in total. The minimum Gasteiger partial charge on any atom is -0.481 e. The van der Waals surface area contributed by atoms with Crippen LogP contribution in [0, 0.1) is 0 Å². The summed E-state index contributed by atoms with van der Waals surface area (Å²) in [4.78, 5) is 10.3. The molecular formula is C20H34O2. The highest BCUT2D eigenvalue weighted by atomic mass is 16.4. The van der Waals surface area contributed by atoms with E-state index in [0.717, 1.165) is 32.1 Å². The molecule has 0 bridgehead atoms. The normalized spacial score (nSPS) is 12.0. The Morgan fingerprint density at radius 2 is 1.23 bits per heavy atom. The molecule has 0 atom stereocenters. The predicted molar refractivity (Wildman–Crippen MR) is 96.1 cm³/mol. The Morgan fingerprint density at radius 1 is 0.727 bits per heavy atom. The van der Waals surface area contributed by atoms with Crippen molar-refractivity contribution in [3.63, 3.8) is 0 Å². The molecule has 0 amide bonds. The lowest BCUT2D eigenvalue weighted by Gasteiger charge is -2.00. The van der Waals surface area contributed by atoms with Crippen LogP contribution in [-0.2, 0) is 4.79 Å². The van der Waals surface area contributed by atoms with Crippen molar-refractivity contribution >= 4 is 5.97 Å². The zero-order valence-corrected chi connectivity index (χ0v) is 14.3. The van der Waals surface area contributed by atoms with E-state index in [4.69, 9.17) is 5.11 Å². The van der Waals surface area contributed by atoms with Crippen molar-refractivity contribution in [1.82, 2.24) is 0 Å². The number of allylic oxidation sites excluding steroid dienone is 6. The molecule has 0 rings (SSSR count). The second-order valence-corrected chi connectivity index (χ2v) is 5.70. The topological polar surface area (TPSA) is 37.3 Å². The fraction of sp³-hybridized carbons (Fsp3) is 0.650. The Bertz CT molecular complexity index is 327. The van der Waals surface area contributed by atoms with Gasteiger partial charge in [-0.15, -0.1) is 0 Å². The lowest BCUT2D eigenvalue weighted by atomic mass is 10.1. The molecule has 126 valence electrons. The van der Waals surface area contributed by atoms with E-state index in [9.17, 15) is 4.79 Å². The molecule has 0 fully saturated rings. The standard InChI is InChI=1S/C20H34O2/c1-2-3-4-5-6-7-8-9-10-11-12-13-14-15-16-17-18-19-20(21)22/h3-4,6-7,9-10H,2,5,8,11-19H2,1H3,(H,21,22)/b4-3+,7-6+,10-9+. The van der Waals surface area contributed by atoms with Crippen LogP contribution in [0.4, 0.5) is 0 Å². The molecule has 2 heteroatoms. The molecule has 0 aromatic carbocycles. The van der Waals surface area contributed by atoms with Crippen LogP contribution in [0.3, 0.4) is 0 Å². The summed E-state index contributed by atoms with van der Waals surface area (Å²) in [6.07, 6.45) is 26.3. The summed E-state index contributed by atoms with van der Waals surface area (Å²) in [6, 6.07) is 0. The van der Waals surface area contributed by atoms with Crippen LogP contribution in [0.2, 0.25) is 0 Å². The summed E-state index contributed by atoms with van der Waals surface area (Å²) in [5.74, 6) is -0.668. The van der Waals surface area contributed by atoms with Gasteiger partial charge < -0.3 is 5.11 Å². The van der Waals surface area contributed by atoms with E-state index in [0.29, 0.717) is 6.42 Å². The third kappa shape index (κ3) is 18.7. The first-order chi connectivity index (χ1) is 10.8. The lowest BCUT2D eigenvalue weighted by molar-refractivity contribution is -0.137. The molecule has 0 unspecified atom stereocenters. The number of carboxylic acid groups (broad SMARTS) is 1. The third-order valence-electron chi connectivity index (χ3n) is 3.54. The van der Waals surface area contributed by atoms with Crippen molar-refractivity contribution in [2.24, 2.45) is 0 Å². The monoisotopic (exact) mass is 306 g/mol. The van der Waals surface area contributed by atoms with Crippen LogP contribution in [0.1, 0.15) is 84.0 Å². The number of carboxylic acids is 1. The van der Waals surface area contributed by atoms with Crippen molar-refractivity contribution in [3.8, 4) is 0 Å². The van der Waals surface area contributed by atoms with E-state index in [2.05, 4.69) is 43.4 Å². The molecular weight excluding hydrogens is 272 g/mol. The highest BCUT2D eigenvalue weighted by Crippen LogP contribution is 2.10. The Labute approximate surface area is 137 Å². The van der Waals surface area contributed by atoms with Crippen molar-refractivity contribution in [3.05, 3.63) is 36.5 Å². The average Bonchev–Trinajstić information content (AvgIpc) is 2.50. The number of hydrogen-bond donors (Lipinski definition) is 1. The summed E-state index contributed by atoms with van der Waals surface area (Å²) in [6.45, 7) is 2.16. The third-order valence-corrected chi connectivity index (χ3v) is 3.54. The van der Waals surface area contributed by atoms with Crippen LogP contribution >= 0.6 is 0 Å². The molecule has 2 nitrogen and oxygen atoms in total. The van der Waals surface area contributed by atoms with Crippen LogP contribution in [0.15, 0.2) is 36.5 Å². The van der Waals surface area contributed by atoms with Gasteiger partial charge in [0.05, 0.1) is 0 Å². The number of carbonyl (C=O) groups is 1. The first-order valence-corrected chi connectivity index (χ1v) is 8.94. The zero-order chi connectivity index (χ0) is 16.3. The predicted octanol–water partition coefficient (Wildman–Crippen LogP) is 6.44. The van der Waals surface area contributed by atoms with Gasteiger partial charge in [0.25, 0.3) is 0 Å². The van der Waals surface area contributed by atoms with Gasteiger partial charge >= 0.3 is 5.97 Å². The molecule has 0 aromatic heterocycles. The Kier molecular flexibility index (Phi) is 16.7. The number of aliphatic carboxylic acids is 1. The molecule has 0 radical (unpaired) electrons. The summed E-state index contributed by atoms with van der Waals surface area (Å²) in [5, 5.41) is 8.53. The SMILES string of the molecule is CC/C=C/C/C=C/C/C=C/CCCCCCCCCC(=O)O. The number of unbranched alkanes of at least 4 members (excludes halogenated alkanes) is 7. The van der Waals surface area contributed by atoms with Gasteiger partial charge in [-0.25, -0.2) is 0 Å². The van der Waals surface area contributed by atoms with E-state index >= 15 is 0 Å².